The van der Waals surface area contributed by atoms with Gasteiger partial charge in [-0.15, -0.1) is 0 Å². The Balaban J connectivity index is 1.55. The largest absolute Gasteiger partial charge is 0.493 e. The highest BCUT2D eigenvalue weighted by molar-refractivity contribution is 5.92. The Morgan fingerprint density at radius 3 is 2.30 bits per heavy atom. The Morgan fingerprint density at radius 1 is 0.900 bits per heavy atom. The number of carbonyl (C=O) groups is 1. The van der Waals surface area contributed by atoms with Crippen molar-refractivity contribution in [3.63, 3.8) is 0 Å². The van der Waals surface area contributed by atoms with Crippen molar-refractivity contribution in [1.29, 1.82) is 0 Å². The SMILES string of the molecule is COc1cc(C(=O)Oc2ccc3c(c2)OCO3)cc(OC)c1OCc1ccccc1. The van der Waals surface area contributed by atoms with E-state index in [1.807, 2.05) is 30.3 Å². The minimum absolute atomic E-state index is 0.144. The van der Waals surface area contributed by atoms with Crippen LogP contribution in [-0.2, 0) is 6.61 Å². The van der Waals surface area contributed by atoms with Gasteiger partial charge in [0.25, 0.3) is 0 Å². The Morgan fingerprint density at radius 2 is 1.60 bits per heavy atom. The molecule has 154 valence electrons. The standard InChI is InChI=1S/C23H20O7/c1-25-20-10-16(23(24)30-17-8-9-18-19(12-17)29-14-28-18)11-21(26-2)22(20)27-13-15-6-4-3-5-7-15/h3-12H,13-14H2,1-2H3. The molecule has 0 atom stereocenters. The van der Waals surface area contributed by atoms with Crippen molar-refractivity contribution >= 4 is 5.97 Å². The van der Waals surface area contributed by atoms with Crippen LogP contribution >= 0.6 is 0 Å². The third-order valence-electron chi connectivity index (χ3n) is 4.48. The highest BCUT2D eigenvalue weighted by atomic mass is 16.7. The van der Waals surface area contributed by atoms with Gasteiger partial charge in [-0.3, -0.25) is 0 Å². The van der Waals surface area contributed by atoms with Crippen LogP contribution in [0.2, 0.25) is 0 Å². The Bertz CT molecular complexity index is 1020. The van der Waals surface area contributed by atoms with Crippen LogP contribution in [0.25, 0.3) is 0 Å². The summed E-state index contributed by atoms with van der Waals surface area (Å²) in [4.78, 5) is 12.7. The molecule has 30 heavy (non-hydrogen) atoms. The number of benzene rings is 3. The fraction of sp³-hybridized carbons (Fsp3) is 0.174. The van der Waals surface area contributed by atoms with Crippen LogP contribution in [0.5, 0.6) is 34.5 Å². The van der Waals surface area contributed by atoms with Crippen LogP contribution in [0, 0.1) is 0 Å². The second kappa shape index (κ2) is 8.65. The molecule has 1 aliphatic rings. The van der Waals surface area contributed by atoms with Crippen molar-refractivity contribution in [1.82, 2.24) is 0 Å². The molecule has 0 spiro atoms. The first kappa shape index (κ1) is 19.4. The fourth-order valence-electron chi connectivity index (χ4n) is 2.98. The lowest BCUT2D eigenvalue weighted by Crippen LogP contribution is -2.10. The molecular weight excluding hydrogens is 388 g/mol. The van der Waals surface area contributed by atoms with Gasteiger partial charge in [0.05, 0.1) is 19.8 Å². The molecule has 0 radical (unpaired) electrons. The number of esters is 1. The van der Waals surface area contributed by atoms with Crippen LogP contribution in [0.4, 0.5) is 0 Å². The second-order valence-electron chi connectivity index (χ2n) is 6.39. The predicted molar refractivity (Wildman–Crippen MR) is 108 cm³/mol. The quantitative estimate of drug-likeness (QED) is 0.428. The zero-order valence-electron chi connectivity index (χ0n) is 16.5. The average molecular weight is 408 g/mol. The molecule has 3 aromatic carbocycles. The third kappa shape index (κ3) is 4.10. The lowest BCUT2D eigenvalue weighted by atomic mass is 10.1. The summed E-state index contributed by atoms with van der Waals surface area (Å²) < 4.78 is 32.8. The molecule has 0 aliphatic carbocycles. The molecule has 0 saturated carbocycles. The molecule has 7 nitrogen and oxygen atoms in total. The molecule has 4 rings (SSSR count). The van der Waals surface area contributed by atoms with E-state index in [-0.39, 0.29) is 12.4 Å². The Labute approximate surface area is 173 Å². The van der Waals surface area contributed by atoms with Gasteiger partial charge < -0.3 is 28.4 Å². The molecule has 7 heteroatoms. The number of ether oxygens (including phenoxy) is 6. The number of fused-ring (bicyclic) bond motifs is 1. The first-order chi connectivity index (χ1) is 14.7. The van der Waals surface area contributed by atoms with Gasteiger partial charge in [0.1, 0.15) is 12.4 Å². The molecular formula is C23H20O7. The van der Waals surface area contributed by atoms with Crippen molar-refractivity contribution < 1.29 is 33.2 Å². The monoisotopic (exact) mass is 408 g/mol. The van der Waals surface area contributed by atoms with Crippen LogP contribution < -0.4 is 28.4 Å². The molecule has 0 amide bonds. The summed E-state index contributed by atoms with van der Waals surface area (Å²) in [5.41, 5.74) is 1.25. The molecule has 0 unspecified atom stereocenters. The van der Waals surface area contributed by atoms with Crippen LogP contribution in [0.3, 0.4) is 0 Å². The highest BCUT2D eigenvalue weighted by Crippen LogP contribution is 2.40. The van der Waals surface area contributed by atoms with Crippen LogP contribution in [0.1, 0.15) is 15.9 Å². The van der Waals surface area contributed by atoms with Gasteiger partial charge in [0.2, 0.25) is 12.5 Å². The Kier molecular flexibility index (Phi) is 5.61. The van der Waals surface area contributed by atoms with E-state index >= 15 is 0 Å². The summed E-state index contributed by atoms with van der Waals surface area (Å²) in [5, 5.41) is 0. The van der Waals surface area contributed by atoms with Crippen LogP contribution in [-0.4, -0.2) is 27.0 Å². The predicted octanol–water partition coefficient (Wildman–Crippen LogP) is 4.23. The lowest BCUT2D eigenvalue weighted by Gasteiger charge is -2.16. The lowest BCUT2D eigenvalue weighted by molar-refractivity contribution is 0.0733. The summed E-state index contributed by atoms with van der Waals surface area (Å²) in [6, 6.07) is 17.7. The van der Waals surface area contributed by atoms with Crippen molar-refractivity contribution in [2.24, 2.45) is 0 Å². The van der Waals surface area contributed by atoms with Gasteiger partial charge in [0, 0.05) is 6.07 Å². The topological polar surface area (TPSA) is 72.5 Å². The summed E-state index contributed by atoms with van der Waals surface area (Å²) in [6.45, 7) is 0.472. The van der Waals surface area contributed by atoms with Gasteiger partial charge in [-0.25, -0.2) is 4.79 Å². The maximum absolute atomic E-state index is 12.7. The average Bonchev–Trinajstić information content (AvgIpc) is 3.25. The summed E-state index contributed by atoms with van der Waals surface area (Å²) in [7, 11) is 2.99. The number of hydrogen-bond donors (Lipinski definition) is 0. The molecule has 0 N–H and O–H groups in total. The molecule has 1 heterocycles. The zero-order chi connectivity index (χ0) is 20.9. The summed E-state index contributed by atoms with van der Waals surface area (Å²) >= 11 is 0. The molecule has 0 aromatic heterocycles. The van der Waals surface area contributed by atoms with Crippen molar-refractivity contribution in [2.45, 2.75) is 6.61 Å². The smallest absolute Gasteiger partial charge is 0.343 e. The van der Waals surface area contributed by atoms with Gasteiger partial charge in [-0.1, -0.05) is 30.3 Å². The molecule has 0 bridgehead atoms. The van der Waals surface area contributed by atoms with E-state index in [9.17, 15) is 4.79 Å². The number of methoxy groups -OCH3 is 2. The number of rotatable bonds is 7. The molecule has 3 aromatic rings. The van der Waals surface area contributed by atoms with Crippen molar-refractivity contribution in [2.75, 3.05) is 21.0 Å². The van der Waals surface area contributed by atoms with E-state index in [0.717, 1.165) is 5.56 Å². The van der Waals surface area contributed by atoms with Crippen molar-refractivity contribution in [3.05, 3.63) is 71.8 Å². The van der Waals surface area contributed by atoms with E-state index in [0.29, 0.717) is 41.1 Å². The first-order valence-electron chi connectivity index (χ1n) is 9.22. The number of hydrogen-bond acceptors (Lipinski definition) is 7. The van der Waals surface area contributed by atoms with Gasteiger partial charge in [-0.05, 0) is 29.8 Å². The second-order valence-corrected chi connectivity index (χ2v) is 6.39. The summed E-state index contributed by atoms with van der Waals surface area (Å²) in [5.74, 6) is 2.04. The zero-order valence-corrected chi connectivity index (χ0v) is 16.5. The minimum Gasteiger partial charge on any atom is -0.493 e. The normalized spacial score (nSPS) is 11.7. The van der Waals surface area contributed by atoms with Gasteiger partial charge >= 0.3 is 5.97 Å². The van der Waals surface area contributed by atoms with E-state index < -0.39 is 5.97 Å². The first-order valence-corrected chi connectivity index (χ1v) is 9.22. The number of carbonyl (C=O) groups excluding carboxylic acids is 1. The van der Waals surface area contributed by atoms with Gasteiger partial charge in [-0.2, -0.15) is 0 Å². The minimum atomic E-state index is -0.569. The fourth-order valence-corrected chi connectivity index (χ4v) is 2.98. The maximum Gasteiger partial charge on any atom is 0.343 e. The van der Waals surface area contributed by atoms with Crippen molar-refractivity contribution in [3.8, 4) is 34.5 Å². The maximum atomic E-state index is 12.7. The van der Waals surface area contributed by atoms with E-state index in [1.54, 1.807) is 30.3 Å². The van der Waals surface area contributed by atoms with Gasteiger partial charge in [0.15, 0.2) is 23.0 Å². The summed E-state index contributed by atoms with van der Waals surface area (Å²) in [6.07, 6.45) is 0. The molecule has 0 saturated heterocycles. The van der Waals surface area contributed by atoms with E-state index in [1.165, 1.54) is 14.2 Å². The van der Waals surface area contributed by atoms with E-state index in [2.05, 4.69) is 0 Å². The third-order valence-corrected chi connectivity index (χ3v) is 4.48. The Hall–Kier alpha value is -3.87. The molecule has 1 aliphatic heterocycles. The molecule has 0 fully saturated rings. The van der Waals surface area contributed by atoms with E-state index in [4.69, 9.17) is 28.4 Å². The van der Waals surface area contributed by atoms with Crippen LogP contribution in [0.15, 0.2) is 60.7 Å². The highest BCUT2D eigenvalue weighted by Gasteiger charge is 2.20.